The molecule has 2 heterocycles. The molecule has 6 amide bonds. The van der Waals surface area contributed by atoms with Crippen molar-refractivity contribution in [3.8, 4) is 0 Å². The molecule has 9 saturated carbocycles. The first-order valence-electron chi connectivity index (χ1n) is 47.2. The number of carbonyl (C=O) groups excluding carboxylic acids is 14. The molecule has 0 aromatic carbocycles. The van der Waals surface area contributed by atoms with E-state index < -0.39 is 141 Å². The van der Waals surface area contributed by atoms with Gasteiger partial charge in [-0.1, -0.05) is 182 Å². The number of rotatable bonds is 32. The summed E-state index contributed by atoms with van der Waals surface area (Å²) in [4.78, 5) is 178. The fraction of sp³-hybridized carbons (Fsp3) is 0.737. The number of hydrogen-bond donors (Lipinski definition) is 9. The molecule has 0 aromatic heterocycles. The smallest absolute Gasteiger partial charge is 0.333 e. The minimum atomic E-state index is -1.75. The number of nitrogens with one attached hydrogen (secondary N) is 2. The van der Waals surface area contributed by atoms with Gasteiger partial charge in [0.2, 0.25) is 11.8 Å². The van der Waals surface area contributed by atoms with Gasteiger partial charge in [0.15, 0.2) is 34.7 Å². The van der Waals surface area contributed by atoms with E-state index in [2.05, 4.69) is 10.6 Å². The van der Waals surface area contributed by atoms with Gasteiger partial charge in [0.25, 0.3) is 23.6 Å². The summed E-state index contributed by atoms with van der Waals surface area (Å²) in [5.41, 5.74) is -1.38. The normalized spacial score (nSPS) is 39.4. The van der Waals surface area contributed by atoms with Crippen LogP contribution in [0.5, 0.6) is 0 Å². The third-order valence-corrected chi connectivity index (χ3v) is 37.3. The van der Waals surface area contributed by atoms with Crippen LogP contribution >= 0.6 is 34.8 Å². The van der Waals surface area contributed by atoms with Crippen LogP contribution in [0.2, 0.25) is 0 Å². The van der Waals surface area contributed by atoms with Gasteiger partial charge in [0.1, 0.15) is 16.8 Å². The highest BCUT2D eigenvalue weighted by atomic mass is 35.5. The summed E-state index contributed by atoms with van der Waals surface area (Å²) in [5.74, 6) is -6.76. The summed E-state index contributed by atoms with van der Waals surface area (Å²) in [6, 6.07) is 0. The van der Waals surface area contributed by atoms with Gasteiger partial charge in [-0.25, -0.2) is 9.59 Å². The van der Waals surface area contributed by atoms with Crippen molar-refractivity contribution in [2.24, 2.45) is 91.5 Å². The Morgan fingerprint density at radius 1 is 0.395 bits per heavy atom. The van der Waals surface area contributed by atoms with Crippen LogP contribution in [0.1, 0.15) is 301 Å². The molecule has 14 aliphatic rings. The van der Waals surface area contributed by atoms with Crippen LogP contribution in [0, 0.1) is 85.8 Å². The predicted octanol–water partition coefficient (Wildman–Crippen LogP) is 12.4. The van der Waals surface area contributed by atoms with Crippen LogP contribution in [-0.4, -0.2) is 192 Å². The molecular formula is C99H140Cl3N5O22. The van der Waals surface area contributed by atoms with Gasteiger partial charge in [-0.2, -0.15) is 0 Å². The number of aliphatic hydroxyl groups excluding tert-OH is 3. The number of Topliss-reactive ketones (excluding diaryl/α,β-unsaturated/α-hetero) is 3. The number of carbonyl (C=O) groups is 14. The van der Waals surface area contributed by atoms with Gasteiger partial charge in [0.05, 0.1) is 52.6 Å². The number of allylic oxidation sites excluding steroid dienone is 12. The Morgan fingerprint density at radius 2 is 0.643 bits per heavy atom. The molecule has 10 N–H and O–H groups in total. The van der Waals surface area contributed by atoms with Crippen molar-refractivity contribution < 1.29 is 107 Å². The summed E-state index contributed by atoms with van der Waals surface area (Å²) in [6.07, 6.45) is 33.4. The summed E-state index contributed by atoms with van der Waals surface area (Å²) >= 11 is 22.4. The molecule has 24 atom stereocenters. The zero-order chi connectivity index (χ0) is 93.7. The van der Waals surface area contributed by atoms with Crippen LogP contribution in [0.3, 0.4) is 0 Å². The topological polar surface area (TPSA) is 435 Å². The quantitative estimate of drug-likeness (QED) is 0.0172. The first-order chi connectivity index (χ1) is 60.1. The molecule has 0 spiro atoms. The fourth-order valence-electron chi connectivity index (χ4n) is 27.2. The number of alkyl halides is 3. The summed E-state index contributed by atoms with van der Waals surface area (Å²) in [6.45, 7) is 16.5. The minimum absolute atomic E-state index is 0. The highest BCUT2D eigenvalue weighted by molar-refractivity contribution is 6.27. The van der Waals surface area contributed by atoms with Crippen molar-refractivity contribution in [3.63, 3.8) is 0 Å². The van der Waals surface area contributed by atoms with Crippen molar-refractivity contribution in [2.45, 2.75) is 351 Å². The second-order valence-electron chi connectivity index (χ2n) is 41.3. The van der Waals surface area contributed by atoms with Crippen LogP contribution in [0.25, 0.3) is 0 Å². The van der Waals surface area contributed by atoms with Crippen molar-refractivity contribution >= 4 is 117 Å². The van der Waals surface area contributed by atoms with Gasteiger partial charge in [0, 0.05) is 83.9 Å². The molecule has 2 aliphatic heterocycles. The van der Waals surface area contributed by atoms with Crippen LogP contribution in [0.15, 0.2) is 71.4 Å². The van der Waals surface area contributed by atoms with E-state index in [1.807, 2.05) is 80.5 Å². The third kappa shape index (κ3) is 17.8. The number of amides is 6. The van der Waals surface area contributed by atoms with Crippen LogP contribution in [-0.2, 0) is 76.8 Å². The highest BCUT2D eigenvalue weighted by Crippen LogP contribution is 2.75. The molecular weight excluding hydrogens is 1720 g/mol. The van der Waals surface area contributed by atoms with Gasteiger partial charge in [-0.05, 0) is 192 Å². The summed E-state index contributed by atoms with van der Waals surface area (Å²) < 4.78 is 0. The lowest BCUT2D eigenvalue weighted by Crippen LogP contribution is -2.69. The van der Waals surface area contributed by atoms with Gasteiger partial charge < -0.3 is 56.7 Å². The van der Waals surface area contributed by atoms with E-state index in [-0.39, 0.29) is 174 Å². The van der Waals surface area contributed by atoms with Crippen molar-refractivity contribution in [1.82, 2.24) is 20.8 Å². The molecule has 11 fully saturated rings. The number of unbranched alkanes of at least 4 members (excludes halogenated alkanes) is 14. The number of fused-ring (bicyclic) bond motifs is 15. The first kappa shape index (κ1) is 103. The number of imide groups is 2. The number of aliphatic hydroxyl groups is 6. The zero-order valence-corrected chi connectivity index (χ0v) is 78.3. The number of hydroxylamine groups is 4. The Morgan fingerprint density at radius 3 is 0.907 bits per heavy atom. The Hall–Kier alpha value is -6.79. The molecule has 14 rings (SSSR count). The maximum Gasteiger partial charge on any atom is 0.333 e. The third-order valence-electron chi connectivity index (χ3n) is 34.5. The maximum absolute atomic E-state index is 14.0. The lowest BCUT2D eigenvalue weighted by Gasteiger charge is -2.63. The molecule has 30 heteroatoms. The number of hydrogen-bond acceptors (Lipinski definition) is 23. The Bertz CT molecular complexity index is 4350. The molecule has 24 unspecified atom stereocenters. The summed E-state index contributed by atoms with van der Waals surface area (Å²) in [7, 11) is 0. The van der Waals surface area contributed by atoms with E-state index in [0.717, 1.165) is 107 Å². The maximum atomic E-state index is 14.0. The second-order valence-corrected chi connectivity index (χ2v) is 43.2. The van der Waals surface area contributed by atoms with E-state index in [4.69, 9.17) is 50.2 Å². The zero-order valence-electron chi connectivity index (χ0n) is 76.0. The van der Waals surface area contributed by atoms with Gasteiger partial charge in [-0.3, -0.25) is 57.5 Å². The fourth-order valence-corrected chi connectivity index (χ4v) is 28.8. The Labute approximate surface area is 773 Å². The van der Waals surface area contributed by atoms with E-state index in [1.165, 1.54) is 12.2 Å². The molecule has 12 aliphatic carbocycles. The average molecular weight is 1860 g/mol. The molecule has 27 nitrogen and oxygen atoms in total. The van der Waals surface area contributed by atoms with Crippen molar-refractivity contribution in [2.75, 3.05) is 19.6 Å². The molecule has 129 heavy (non-hydrogen) atoms. The SMILES string of the molecule is C.CC1CC2C3CCC4=CC(=O)C=CC4(C)C3(Cl)C(O)CC2(C)C1(O)C(=O)CN.CC1CC2C3CCC4=CC(=O)C=CC4(C)C3(Cl)C(O)CC2(C)C1(O)C(=O)CNC(=O)CCCCCCCCCCC(=O)NCC(=O)C1(O)C(C)CC2C3CCC4=CC(=O)C=CC4(C)C3(Cl)C(O)CC21C.O=C(CCCCCCCCCCC(=O)ON1C(=O)CCC1=O)ON1C(=O)CCC1=O. The van der Waals surface area contributed by atoms with Crippen molar-refractivity contribution in [3.05, 3.63) is 71.4 Å². The van der Waals surface area contributed by atoms with E-state index in [9.17, 15) is 97.8 Å². The van der Waals surface area contributed by atoms with E-state index >= 15 is 0 Å². The lowest BCUT2D eigenvalue weighted by molar-refractivity contribution is -0.197. The predicted molar refractivity (Wildman–Crippen MR) is 481 cm³/mol. The molecule has 0 bridgehead atoms. The standard InChI is InChI=1S/C56H78Cl2N2O10.C22H30ClNO4.C20H28N2O8.CH4/c1-33-25-41-39-19-17-35-27-37(61)21-23-49(35,3)53(39,57)43(63)29-51(41,5)55(33,69)45(65)31-59-47(67)15-13-11-9-7-8-10-12-14-16-48(68)60-32-46(66)56(70)34(2)26-42-40-20-18-36-28-38(62)22-24-50(36,4)54(40,58)44(64)30-52(42,56)6;1-12-8-16-15-5-4-13-9-14(25)6-7-19(13,2)21(15,23)17(26)10-20(16,3)22(12,28)18(27)11-24;23-15-11-12-16(24)21(15)29-19(27)9-7-5-3-1-2-4-6-8-10-20(28)30-22-17(25)13-14-18(22)26;/h21-24,27-28,33-34,39-44,63-64,69-70H,7-20,25-26,29-32H2,1-6H3,(H,59,67)(H,60,68);6-7,9,12,15-17,26,28H,4-5,8,10-11,24H2,1-3H3;1-14H2;1H4. The second kappa shape index (κ2) is 39.6. The van der Waals surface area contributed by atoms with Crippen LogP contribution < -0.4 is 16.4 Å². The average Bonchev–Trinajstić information content (AvgIpc) is 1.58. The molecule has 714 valence electrons. The monoisotopic (exact) mass is 1860 g/mol. The number of ketones is 6. The van der Waals surface area contributed by atoms with E-state index in [1.54, 1.807) is 24.3 Å². The molecule has 0 radical (unpaired) electrons. The molecule has 2 saturated heterocycles. The largest absolute Gasteiger partial charge is 0.391 e. The van der Waals surface area contributed by atoms with Gasteiger partial charge in [-0.15, -0.1) is 44.9 Å². The summed E-state index contributed by atoms with van der Waals surface area (Å²) in [5, 5.41) is 78.0. The number of halogens is 3. The number of nitrogens with two attached hydrogens (primary N) is 1. The van der Waals surface area contributed by atoms with Gasteiger partial charge >= 0.3 is 11.9 Å². The highest BCUT2D eigenvalue weighted by Gasteiger charge is 2.78. The van der Waals surface area contributed by atoms with Crippen LogP contribution in [0.4, 0.5) is 0 Å². The lowest BCUT2D eigenvalue weighted by atomic mass is 9.45. The first-order valence-corrected chi connectivity index (χ1v) is 48.4. The Kier molecular flexibility index (Phi) is 31.6. The number of nitrogens with zero attached hydrogens (tertiary/aromatic N) is 2. The Balaban J connectivity index is 0.000000223. The molecule has 0 aromatic rings. The minimum Gasteiger partial charge on any atom is -0.391 e. The van der Waals surface area contributed by atoms with Crippen molar-refractivity contribution in [1.29, 1.82) is 0 Å². The van der Waals surface area contributed by atoms with E-state index in [0.29, 0.717) is 80.8 Å².